The van der Waals surface area contributed by atoms with E-state index in [2.05, 4.69) is 10.6 Å². The van der Waals surface area contributed by atoms with Crippen molar-refractivity contribution in [2.24, 2.45) is 0 Å². The third kappa shape index (κ3) is 5.79. The molecule has 0 aliphatic rings. The van der Waals surface area contributed by atoms with Crippen LogP contribution >= 0.6 is 11.3 Å². The number of hydrogen-bond acceptors (Lipinski definition) is 3. The van der Waals surface area contributed by atoms with Crippen LogP contribution in [0.4, 0.5) is 24.5 Å². The van der Waals surface area contributed by atoms with Gasteiger partial charge in [0.05, 0.1) is 5.56 Å². The number of carbonyl (C=O) groups is 2. The molecule has 3 aromatic rings. The van der Waals surface area contributed by atoms with E-state index in [9.17, 15) is 22.8 Å². The van der Waals surface area contributed by atoms with Crippen LogP contribution in [0.15, 0.2) is 72.1 Å². The molecule has 3 rings (SSSR count). The molecule has 0 unspecified atom stereocenters. The third-order valence-electron chi connectivity index (χ3n) is 3.78. The van der Waals surface area contributed by atoms with Crippen molar-refractivity contribution < 1.29 is 22.8 Å². The number of nitrogens with one attached hydrogen (secondary N) is 2. The summed E-state index contributed by atoms with van der Waals surface area (Å²) in [5.41, 5.74) is -0.239. The third-order valence-corrected chi connectivity index (χ3v) is 4.62. The Balaban J connectivity index is 1.67. The molecule has 8 heteroatoms. The molecule has 148 valence electrons. The maximum absolute atomic E-state index is 12.8. The Hall–Kier alpha value is -3.39. The van der Waals surface area contributed by atoms with Crippen molar-refractivity contribution in [3.05, 3.63) is 88.1 Å². The Morgan fingerprint density at radius 2 is 1.62 bits per heavy atom. The minimum absolute atomic E-state index is 0.0261. The largest absolute Gasteiger partial charge is 0.416 e. The van der Waals surface area contributed by atoms with Crippen molar-refractivity contribution in [2.75, 3.05) is 10.6 Å². The highest BCUT2D eigenvalue weighted by molar-refractivity contribution is 7.10. The smallest absolute Gasteiger partial charge is 0.322 e. The van der Waals surface area contributed by atoms with Crippen molar-refractivity contribution in [1.82, 2.24) is 0 Å². The van der Waals surface area contributed by atoms with Gasteiger partial charge in [-0.05, 0) is 53.9 Å². The summed E-state index contributed by atoms with van der Waals surface area (Å²) in [4.78, 5) is 25.3. The van der Waals surface area contributed by atoms with Gasteiger partial charge < -0.3 is 10.6 Å². The normalized spacial score (nSPS) is 11.4. The van der Waals surface area contributed by atoms with Crippen LogP contribution in [0, 0.1) is 0 Å². The first-order valence-corrected chi connectivity index (χ1v) is 9.30. The van der Waals surface area contributed by atoms with Gasteiger partial charge in [-0.2, -0.15) is 13.2 Å². The predicted octanol–water partition coefficient (Wildman–Crippen LogP) is 5.67. The van der Waals surface area contributed by atoms with E-state index in [4.69, 9.17) is 0 Å². The van der Waals surface area contributed by atoms with Gasteiger partial charge in [0, 0.05) is 27.9 Å². The van der Waals surface area contributed by atoms with Crippen molar-refractivity contribution in [2.45, 2.75) is 6.18 Å². The van der Waals surface area contributed by atoms with Gasteiger partial charge in [-0.15, -0.1) is 11.3 Å². The Bertz CT molecular complexity index is 1040. The van der Waals surface area contributed by atoms with Crippen molar-refractivity contribution in [3.8, 4) is 0 Å². The lowest BCUT2D eigenvalue weighted by atomic mass is 10.1. The number of amides is 2. The average molecular weight is 416 g/mol. The minimum atomic E-state index is -4.50. The van der Waals surface area contributed by atoms with E-state index in [1.54, 1.807) is 18.2 Å². The van der Waals surface area contributed by atoms with Gasteiger partial charge in [0.25, 0.3) is 5.91 Å². The van der Waals surface area contributed by atoms with Gasteiger partial charge in [0.2, 0.25) is 5.91 Å². The number of rotatable bonds is 5. The number of thiophene rings is 1. The SMILES string of the molecule is O=C(/C=C/c1cccs1)Nc1cccc(C(=O)Nc2cccc(C(F)(F)F)c2)c1. The number of halogens is 3. The molecule has 0 fully saturated rings. The number of alkyl halides is 3. The Kier molecular flexibility index (Phi) is 6.13. The monoisotopic (exact) mass is 416 g/mol. The summed E-state index contributed by atoms with van der Waals surface area (Å²) in [5.74, 6) is -0.955. The van der Waals surface area contributed by atoms with Crippen LogP contribution in [-0.4, -0.2) is 11.8 Å². The second kappa shape index (κ2) is 8.74. The summed E-state index contributed by atoms with van der Waals surface area (Å²) >= 11 is 1.49. The fraction of sp³-hybridized carbons (Fsp3) is 0.0476. The van der Waals surface area contributed by atoms with Crippen molar-refractivity contribution in [1.29, 1.82) is 0 Å². The molecule has 2 amide bonds. The number of carbonyl (C=O) groups excluding carboxylic acids is 2. The fourth-order valence-corrected chi connectivity index (χ4v) is 3.06. The summed E-state index contributed by atoms with van der Waals surface area (Å²) in [5, 5.41) is 6.97. The van der Waals surface area contributed by atoms with Gasteiger partial charge in [-0.1, -0.05) is 18.2 Å². The summed E-state index contributed by atoms with van der Waals surface area (Å²) in [7, 11) is 0. The standard InChI is InChI=1S/C21H15F3N2O2S/c22-21(23,24)15-5-2-7-17(13-15)26-20(28)14-4-1-6-16(12-14)25-19(27)10-9-18-8-3-11-29-18/h1-13H,(H,25,27)(H,26,28)/b10-9+. The molecule has 2 aromatic carbocycles. The van der Waals surface area contributed by atoms with Gasteiger partial charge in [-0.3, -0.25) is 9.59 Å². The van der Waals surface area contributed by atoms with Gasteiger partial charge in [-0.25, -0.2) is 0 Å². The van der Waals surface area contributed by atoms with Crippen LogP contribution < -0.4 is 10.6 Å². The van der Waals surface area contributed by atoms with E-state index in [0.29, 0.717) is 5.69 Å². The highest BCUT2D eigenvalue weighted by atomic mass is 32.1. The quantitative estimate of drug-likeness (QED) is 0.527. The lowest BCUT2D eigenvalue weighted by Gasteiger charge is -2.10. The molecule has 0 aliphatic heterocycles. The second-order valence-electron chi connectivity index (χ2n) is 5.95. The number of hydrogen-bond donors (Lipinski definition) is 2. The molecule has 4 nitrogen and oxygen atoms in total. The first-order chi connectivity index (χ1) is 13.8. The van der Waals surface area contributed by atoms with Gasteiger partial charge in [0.15, 0.2) is 0 Å². The summed E-state index contributed by atoms with van der Waals surface area (Å²) in [6, 6.07) is 14.2. The zero-order chi connectivity index (χ0) is 20.9. The summed E-state index contributed by atoms with van der Waals surface area (Å²) < 4.78 is 38.4. The van der Waals surface area contributed by atoms with Crippen LogP contribution in [0.5, 0.6) is 0 Å². The van der Waals surface area contributed by atoms with E-state index in [1.165, 1.54) is 41.7 Å². The molecule has 2 N–H and O–H groups in total. The van der Waals surface area contributed by atoms with Crippen LogP contribution in [0.3, 0.4) is 0 Å². The first kappa shape index (κ1) is 20.3. The van der Waals surface area contributed by atoms with Crippen LogP contribution in [0.25, 0.3) is 6.08 Å². The van der Waals surface area contributed by atoms with E-state index in [0.717, 1.165) is 17.0 Å². The topological polar surface area (TPSA) is 58.2 Å². The Labute approximate surface area is 168 Å². The number of anilines is 2. The zero-order valence-electron chi connectivity index (χ0n) is 14.9. The maximum atomic E-state index is 12.8. The molecule has 0 bridgehead atoms. The lowest BCUT2D eigenvalue weighted by Crippen LogP contribution is -2.14. The fourth-order valence-electron chi connectivity index (χ4n) is 2.44. The molecule has 0 spiro atoms. The summed E-state index contributed by atoms with van der Waals surface area (Å²) in [6.07, 6.45) is -1.45. The molecule has 0 radical (unpaired) electrons. The number of benzene rings is 2. The van der Waals surface area contributed by atoms with E-state index in [1.807, 2.05) is 17.5 Å². The molecule has 0 saturated heterocycles. The molecular formula is C21H15F3N2O2S. The van der Waals surface area contributed by atoms with Crippen LogP contribution in [0.1, 0.15) is 20.8 Å². The molecule has 1 aromatic heterocycles. The lowest BCUT2D eigenvalue weighted by molar-refractivity contribution is -0.137. The summed E-state index contributed by atoms with van der Waals surface area (Å²) in [6.45, 7) is 0. The van der Waals surface area contributed by atoms with Crippen LogP contribution in [0.2, 0.25) is 0 Å². The van der Waals surface area contributed by atoms with Crippen molar-refractivity contribution >= 4 is 40.6 Å². The molecule has 29 heavy (non-hydrogen) atoms. The first-order valence-electron chi connectivity index (χ1n) is 8.42. The van der Waals surface area contributed by atoms with Gasteiger partial charge >= 0.3 is 6.18 Å². The highest BCUT2D eigenvalue weighted by Gasteiger charge is 2.30. The van der Waals surface area contributed by atoms with Gasteiger partial charge in [0.1, 0.15) is 0 Å². The van der Waals surface area contributed by atoms with E-state index in [-0.39, 0.29) is 17.2 Å². The molecular weight excluding hydrogens is 401 g/mol. The van der Waals surface area contributed by atoms with Crippen molar-refractivity contribution in [3.63, 3.8) is 0 Å². The Morgan fingerprint density at radius 3 is 2.31 bits per heavy atom. The average Bonchev–Trinajstić information content (AvgIpc) is 3.20. The van der Waals surface area contributed by atoms with E-state index < -0.39 is 17.6 Å². The second-order valence-corrected chi connectivity index (χ2v) is 6.93. The maximum Gasteiger partial charge on any atom is 0.416 e. The van der Waals surface area contributed by atoms with Crippen LogP contribution in [-0.2, 0) is 11.0 Å². The zero-order valence-corrected chi connectivity index (χ0v) is 15.7. The molecule has 0 aliphatic carbocycles. The molecule has 1 heterocycles. The molecule has 0 atom stereocenters. The highest BCUT2D eigenvalue weighted by Crippen LogP contribution is 2.30. The minimum Gasteiger partial charge on any atom is -0.322 e. The van der Waals surface area contributed by atoms with E-state index >= 15 is 0 Å². The molecule has 0 saturated carbocycles. The predicted molar refractivity (Wildman–Crippen MR) is 108 cm³/mol. The Morgan fingerprint density at radius 1 is 0.897 bits per heavy atom.